The molecule has 0 aromatic heterocycles. The van der Waals surface area contributed by atoms with Crippen LogP contribution in [-0.2, 0) is 11.2 Å². The van der Waals surface area contributed by atoms with E-state index < -0.39 is 0 Å². The van der Waals surface area contributed by atoms with Crippen LogP contribution in [0.4, 0.5) is 0 Å². The van der Waals surface area contributed by atoms with Gasteiger partial charge in [0, 0.05) is 12.6 Å². The van der Waals surface area contributed by atoms with Crippen LogP contribution in [0.2, 0.25) is 0 Å². The van der Waals surface area contributed by atoms with Crippen LogP contribution in [0.3, 0.4) is 0 Å². The molecule has 1 aromatic rings. The van der Waals surface area contributed by atoms with Gasteiger partial charge in [-0.3, -0.25) is 0 Å². The quantitative estimate of drug-likeness (QED) is 0.817. The maximum absolute atomic E-state index is 5.82. The summed E-state index contributed by atoms with van der Waals surface area (Å²) >= 11 is 0. The van der Waals surface area contributed by atoms with E-state index in [0.29, 0.717) is 12.1 Å². The van der Waals surface area contributed by atoms with Crippen molar-refractivity contribution in [3.05, 3.63) is 34.9 Å². The van der Waals surface area contributed by atoms with E-state index in [4.69, 9.17) is 4.74 Å². The van der Waals surface area contributed by atoms with Gasteiger partial charge in [-0.25, -0.2) is 0 Å². The van der Waals surface area contributed by atoms with E-state index in [1.807, 2.05) is 0 Å². The average molecular weight is 275 g/mol. The first-order chi connectivity index (χ1) is 9.69. The first kappa shape index (κ1) is 15.5. The van der Waals surface area contributed by atoms with Crippen LogP contribution in [0.15, 0.2) is 18.2 Å². The molecular weight excluding hydrogens is 246 g/mol. The van der Waals surface area contributed by atoms with Gasteiger partial charge in [-0.2, -0.15) is 0 Å². The molecule has 0 radical (unpaired) electrons. The molecule has 112 valence electrons. The summed E-state index contributed by atoms with van der Waals surface area (Å²) in [6.45, 7) is 8.68. The highest BCUT2D eigenvalue weighted by molar-refractivity contribution is 5.31. The minimum absolute atomic E-state index is 0.467. The van der Waals surface area contributed by atoms with Gasteiger partial charge in [-0.05, 0) is 63.6 Å². The standard InChI is InChI=1S/C18H29NO/c1-4-9-19-17(13-18-6-5-10-20-18)12-16-11-14(2)7-8-15(16)3/h7-8,11,17-19H,4-6,9-10,12-13H2,1-3H3. The van der Waals surface area contributed by atoms with E-state index in [9.17, 15) is 0 Å². The lowest BCUT2D eigenvalue weighted by Crippen LogP contribution is -2.35. The SMILES string of the molecule is CCCNC(Cc1cc(C)ccc1C)CC1CCCO1. The van der Waals surface area contributed by atoms with Crippen molar-refractivity contribution in [2.45, 2.75) is 65.0 Å². The van der Waals surface area contributed by atoms with Crippen molar-refractivity contribution in [2.24, 2.45) is 0 Å². The molecule has 0 spiro atoms. The fraction of sp³-hybridized carbons (Fsp3) is 0.667. The third-order valence-electron chi connectivity index (χ3n) is 4.23. The summed E-state index contributed by atoms with van der Waals surface area (Å²) in [4.78, 5) is 0. The van der Waals surface area contributed by atoms with E-state index in [1.54, 1.807) is 0 Å². The smallest absolute Gasteiger partial charge is 0.0590 e. The second kappa shape index (κ2) is 7.80. The Hall–Kier alpha value is -0.860. The van der Waals surface area contributed by atoms with Crippen molar-refractivity contribution >= 4 is 0 Å². The molecule has 1 aromatic carbocycles. The molecule has 2 atom stereocenters. The molecule has 1 saturated heterocycles. The molecular formula is C18H29NO. The Morgan fingerprint density at radius 3 is 2.90 bits per heavy atom. The van der Waals surface area contributed by atoms with Crippen LogP contribution in [0.1, 0.15) is 49.3 Å². The van der Waals surface area contributed by atoms with E-state index in [0.717, 1.165) is 26.0 Å². The van der Waals surface area contributed by atoms with Gasteiger partial charge in [0.2, 0.25) is 0 Å². The first-order valence-corrected chi connectivity index (χ1v) is 8.10. The second-order valence-corrected chi connectivity index (χ2v) is 6.16. The van der Waals surface area contributed by atoms with E-state index in [2.05, 4.69) is 44.3 Å². The molecule has 0 saturated carbocycles. The van der Waals surface area contributed by atoms with Gasteiger partial charge in [0.15, 0.2) is 0 Å². The fourth-order valence-electron chi connectivity index (χ4n) is 3.02. The molecule has 2 rings (SSSR count). The summed E-state index contributed by atoms with van der Waals surface area (Å²) < 4.78 is 5.82. The van der Waals surface area contributed by atoms with Crippen molar-refractivity contribution < 1.29 is 4.74 Å². The minimum atomic E-state index is 0.467. The summed E-state index contributed by atoms with van der Waals surface area (Å²) in [5.74, 6) is 0. The minimum Gasteiger partial charge on any atom is -0.378 e. The molecule has 1 N–H and O–H groups in total. The van der Waals surface area contributed by atoms with Crippen molar-refractivity contribution in [1.82, 2.24) is 5.32 Å². The number of rotatable bonds is 7. The maximum Gasteiger partial charge on any atom is 0.0590 e. The average Bonchev–Trinajstić information content (AvgIpc) is 2.93. The normalized spacial score (nSPS) is 20.2. The van der Waals surface area contributed by atoms with Gasteiger partial charge >= 0.3 is 0 Å². The lowest BCUT2D eigenvalue weighted by Gasteiger charge is -2.23. The largest absolute Gasteiger partial charge is 0.378 e. The summed E-state index contributed by atoms with van der Waals surface area (Å²) in [7, 11) is 0. The molecule has 2 unspecified atom stereocenters. The zero-order valence-corrected chi connectivity index (χ0v) is 13.2. The predicted octanol–water partition coefficient (Wildman–Crippen LogP) is 3.78. The highest BCUT2D eigenvalue weighted by Crippen LogP contribution is 2.20. The van der Waals surface area contributed by atoms with Crippen molar-refractivity contribution in [2.75, 3.05) is 13.2 Å². The zero-order chi connectivity index (χ0) is 14.4. The molecule has 1 aliphatic rings. The van der Waals surface area contributed by atoms with Crippen LogP contribution in [0.25, 0.3) is 0 Å². The van der Waals surface area contributed by atoms with Gasteiger partial charge in [0.05, 0.1) is 6.10 Å². The molecule has 0 bridgehead atoms. The Labute approximate surface area is 123 Å². The molecule has 0 amide bonds. The topological polar surface area (TPSA) is 21.3 Å². The van der Waals surface area contributed by atoms with Crippen molar-refractivity contribution in [1.29, 1.82) is 0 Å². The van der Waals surface area contributed by atoms with Gasteiger partial charge in [-0.15, -0.1) is 0 Å². The molecule has 20 heavy (non-hydrogen) atoms. The third-order valence-corrected chi connectivity index (χ3v) is 4.23. The molecule has 0 aliphatic carbocycles. The van der Waals surface area contributed by atoms with Crippen molar-refractivity contribution in [3.63, 3.8) is 0 Å². The van der Waals surface area contributed by atoms with Gasteiger partial charge in [-0.1, -0.05) is 30.7 Å². The van der Waals surface area contributed by atoms with Crippen LogP contribution in [-0.4, -0.2) is 25.3 Å². The van der Waals surface area contributed by atoms with Crippen LogP contribution in [0.5, 0.6) is 0 Å². The monoisotopic (exact) mass is 275 g/mol. The summed E-state index contributed by atoms with van der Waals surface area (Å²) in [6, 6.07) is 7.32. The lowest BCUT2D eigenvalue weighted by molar-refractivity contribution is 0.0945. The Balaban J connectivity index is 1.99. The van der Waals surface area contributed by atoms with Crippen molar-refractivity contribution in [3.8, 4) is 0 Å². The Morgan fingerprint density at radius 2 is 2.20 bits per heavy atom. The number of benzene rings is 1. The first-order valence-electron chi connectivity index (χ1n) is 8.10. The second-order valence-electron chi connectivity index (χ2n) is 6.16. The molecule has 2 heteroatoms. The Kier molecular flexibility index (Phi) is 6.06. The van der Waals surface area contributed by atoms with Crippen LogP contribution in [0, 0.1) is 13.8 Å². The van der Waals surface area contributed by atoms with E-state index >= 15 is 0 Å². The molecule has 1 fully saturated rings. The Bertz CT molecular complexity index is 410. The van der Waals surface area contributed by atoms with Gasteiger partial charge in [0.25, 0.3) is 0 Å². The van der Waals surface area contributed by atoms with Gasteiger partial charge < -0.3 is 10.1 Å². The van der Waals surface area contributed by atoms with Crippen LogP contribution < -0.4 is 5.32 Å². The lowest BCUT2D eigenvalue weighted by atomic mass is 9.95. The number of hydrogen-bond donors (Lipinski definition) is 1. The highest BCUT2D eigenvalue weighted by Gasteiger charge is 2.21. The summed E-state index contributed by atoms with van der Waals surface area (Å²) in [5.41, 5.74) is 4.25. The number of ether oxygens (including phenoxy) is 1. The maximum atomic E-state index is 5.82. The molecule has 2 nitrogen and oxygen atoms in total. The van der Waals surface area contributed by atoms with Gasteiger partial charge in [0.1, 0.15) is 0 Å². The number of aryl methyl sites for hydroxylation is 2. The molecule has 1 heterocycles. The summed E-state index contributed by atoms with van der Waals surface area (Å²) in [6.07, 6.45) is 6.39. The third kappa shape index (κ3) is 4.60. The Morgan fingerprint density at radius 1 is 1.35 bits per heavy atom. The van der Waals surface area contributed by atoms with E-state index in [1.165, 1.54) is 36.0 Å². The summed E-state index contributed by atoms with van der Waals surface area (Å²) in [5, 5.41) is 3.71. The zero-order valence-electron chi connectivity index (χ0n) is 13.2. The van der Waals surface area contributed by atoms with E-state index in [-0.39, 0.29) is 0 Å². The highest BCUT2D eigenvalue weighted by atomic mass is 16.5. The predicted molar refractivity (Wildman–Crippen MR) is 85.3 cm³/mol. The van der Waals surface area contributed by atoms with Crippen LogP contribution >= 0.6 is 0 Å². The number of nitrogens with one attached hydrogen (secondary N) is 1. The molecule has 1 aliphatic heterocycles. The number of hydrogen-bond acceptors (Lipinski definition) is 2. The fourth-order valence-corrected chi connectivity index (χ4v) is 3.02.